The summed E-state index contributed by atoms with van der Waals surface area (Å²) in [6, 6.07) is 9.40. The minimum absolute atomic E-state index is 0.0786. The highest BCUT2D eigenvalue weighted by Crippen LogP contribution is 2.15. The number of hydrogen-bond donors (Lipinski definition) is 1. The van der Waals surface area contributed by atoms with E-state index in [4.69, 9.17) is 5.84 Å². The fraction of sp³-hybridized carbons (Fsp3) is 0.500. The summed E-state index contributed by atoms with van der Waals surface area (Å²) in [5.41, 5.74) is 0.664. The molecule has 1 amide bonds. The first kappa shape index (κ1) is 13.1. The molecule has 2 N–H and O–H groups in total. The van der Waals surface area contributed by atoms with Crippen LogP contribution in [0.15, 0.2) is 30.3 Å². The van der Waals surface area contributed by atoms with Crippen LogP contribution in [-0.4, -0.2) is 42.0 Å². The van der Waals surface area contributed by atoms with Gasteiger partial charge in [-0.1, -0.05) is 18.2 Å². The molecule has 1 aliphatic rings. The lowest BCUT2D eigenvalue weighted by atomic mass is 10.1. The number of rotatable bonds is 2. The van der Waals surface area contributed by atoms with E-state index in [1.165, 1.54) is 5.01 Å². The molecule has 0 radical (unpaired) electrons. The molecule has 0 saturated carbocycles. The van der Waals surface area contributed by atoms with E-state index in [0.29, 0.717) is 5.56 Å². The summed E-state index contributed by atoms with van der Waals surface area (Å²) >= 11 is 0. The number of nitrogens with two attached hydrogens (primary N) is 1. The van der Waals surface area contributed by atoms with Crippen LogP contribution in [0.2, 0.25) is 0 Å². The number of benzene rings is 1. The summed E-state index contributed by atoms with van der Waals surface area (Å²) in [6.45, 7) is 2.09. The van der Waals surface area contributed by atoms with Crippen molar-refractivity contribution in [2.24, 2.45) is 5.84 Å². The van der Waals surface area contributed by atoms with Crippen molar-refractivity contribution >= 4 is 5.91 Å². The second-order valence-electron chi connectivity index (χ2n) is 4.97. The van der Waals surface area contributed by atoms with Gasteiger partial charge in [-0.05, 0) is 51.5 Å². The molecule has 2 rings (SSSR count). The van der Waals surface area contributed by atoms with Crippen LogP contribution in [0, 0.1) is 0 Å². The molecule has 0 bridgehead atoms. The normalized spacial score (nSPS) is 21.3. The third kappa shape index (κ3) is 3.09. The van der Waals surface area contributed by atoms with E-state index >= 15 is 0 Å². The molecule has 1 aliphatic heterocycles. The lowest BCUT2D eigenvalue weighted by Crippen LogP contribution is -2.46. The van der Waals surface area contributed by atoms with Crippen LogP contribution in [0.5, 0.6) is 0 Å². The molecule has 1 saturated heterocycles. The molecule has 0 aliphatic carbocycles. The highest BCUT2D eigenvalue weighted by Gasteiger charge is 2.23. The Morgan fingerprint density at radius 3 is 2.72 bits per heavy atom. The van der Waals surface area contributed by atoms with Gasteiger partial charge in [0.25, 0.3) is 5.91 Å². The Morgan fingerprint density at radius 1 is 1.28 bits per heavy atom. The van der Waals surface area contributed by atoms with E-state index in [9.17, 15) is 4.79 Å². The van der Waals surface area contributed by atoms with Gasteiger partial charge in [0, 0.05) is 11.6 Å². The highest BCUT2D eigenvalue weighted by molar-refractivity contribution is 5.93. The molecule has 1 heterocycles. The average molecular weight is 247 g/mol. The number of hydrogen-bond acceptors (Lipinski definition) is 3. The van der Waals surface area contributed by atoms with Gasteiger partial charge in [-0.25, -0.2) is 5.84 Å². The zero-order chi connectivity index (χ0) is 13.0. The Labute approximate surface area is 108 Å². The first-order chi connectivity index (χ1) is 8.68. The summed E-state index contributed by atoms with van der Waals surface area (Å²) in [6.07, 6.45) is 3.03. The maximum Gasteiger partial charge on any atom is 0.268 e. The van der Waals surface area contributed by atoms with Crippen LogP contribution < -0.4 is 5.84 Å². The number of hydrazine groups is 1. The number of amides is 1. The Bertz CT molecular complexity index is 393. The van der Waals surface area contributed by atoms with Gasteiger partial charge < -0.3 is 4.90 Å². The molecule has 4 heteroatoms. The first-order valence-electron chi connectivity index (χ1n) is 6.50. The van der Waals surface area contributed by atoms with Crippen LogP contribution >= 0.6 is 0 Å². The largest absolute Gasteiger partial charge is 0.306 e. The van der Waals surface area contributed by atoms with Crippen molar-refractivity contribution < 1.29 is 4.79 Å². The zero-order valence-electron chi connectivity index (χ0n) is 10.9. The van der Waals surface area contributed by atoms with Gasteiger partial charge in [-0.2, -0.15) is 0 Å². The standard InChI is InChI=1S/C14H21N3O/c1-16-10-5-8-13(9-11-16)17(15)14(18)12-6-3-2-4-7-12/h2-4,6-7,13H,5,8-11,15H2,1H3. The number of carbonyl (C=O) groups excluding carboxylic acids is 1. The maximum absolute atomic E-state index is 12.2. The van der Waals surface area contributed by atoms with E-state index in [2.05, 4.69) is 11.9 Å². The highest BCUT2D eigenvalue weighted by atomic mass is 16.2. The molecular weight excluding hydrogens is 226 g/mol. The van der Waals surface area contributed by atoms with Crippen molar-refractivity contribution in [2.75, 3.05) is 20.1 Å². The lowest BCUT2D eigenvalue weighted by Gasteiger charge is -2.26. The fourth-order valence-electron chi connectivity index (χ4n) is 2.40. The van der Waals surface area contributed by atoms with E-state index in [0.717, 1.165) is 32.4 Å². The van der Waals surface area contributed by atoms with Crippen molar-refractivity contribution in [3.8, 4) is 0 Å². The summed E-state index contributed by atoms with van der Waals surface area (Å²) in [7, 11) is 2.11. The molecule has 4 nitrogen and oxygen atoms in total. The molecular formula is C14H21N3O. The third-order valence-electron chi connectivity index (χ3n) is 3.57. The molecule has 1 fully saturated rings. The van der Waals surface area contributed by atoms with Gasteiger partial charge in [0.15, 0.2) is 0 Å². The zero-order valence-corrected chi connectivity index (χ0v) is 10.9. The first-order valence-corrected chi connectivity index (χ1v) is 6.50. The van der Waals surface area contributed by atoms with E-state index in [1.54, 1.807) is 0 Å². The maximum atomic E-state index is 12.2. The minimum atomic E-state index is -0.0786. The van der Waals surface area contributed by atoms with Crippen LogP contribution in [0.4, 0.5) is 0 Å². The Morgan fingerprint density at radius 2 is 2.00 bits per heavy atom. The molecule has 1 aromatic carbocycles. The second kappa shape index (κ2) is 5.98. The smallest absolute Gasteiger partial charge is 0.268 e. The topological polar surface area (TPSA) is 49.6 Å². The van der Waals surface area contributed by atoms with Crippen molar-refractivity contribution in [1.82, 2.24) is 9.91 Å². The molecule has 1 unspecified atom stereocenters. The summed E-state index contributed by atoms with van der Waals surface area (Å²) in [4.78, 5) is 14.5. The van der Waals surface area contributed by atoms with Crippen LogP contribution in [0.3, 0.4) is 0 Å². The van der Waals surface area contributed by atoms with Crippen molar-refractivity contribution in [3.05, 3.63) is 35.9 Å². The van der Waals surface area contributed by atoms with Gasteiger partial charge in [-0.15, -0.1) is 0 Å². The lowest BCUT2D eigenvalue weighted by molar-refractivity contribution is 0.0660. The molecule has 1 aromatic rings. The average Bonchev–Trinajstić information content (AvgIpc) is 2.63. The predicted molar refractivity (Wildman–Crippen MR) is 71.9 cm³/mol. The Balaban J connectivity index is 2.02. The van der Waals surface area contributed by atoms with E-state index in [1.807, 2.05) is 30.3 Å². The van der Waals surface area contributed by atoms with Crippen LogP contribution in [0.25, 0.3) is 0 Å². The van der Waals surface area contributed by atoms with Gasteiger partial charge in [0.05, 0.1) is 0 Å². The monoisotopic (exact) mass is 247 g/mol. The number of nitrogens with zero attached hydrogens (tertiary/aromatic N) is 2. The third-order valence-corrected chi connectivity index (χ3v) is 3.57. The number of likely N-dealkylation sites (tertiary alicyclic amines) is 1. The van der Waals surface area contributed by atoms with Crippen molar-refractivity contribution in [3.63, 3.8) is 0 Å². The van der Waals surface area contributed by atoms with Crippen LogP contribution in [-0.2, 0) is 0 Å². The van der Waals surface area contributed by atoms with Gasteiger partial charge in [-0.3, -0.25) is 9.80 Å². The molecule has 0 spiro atoms. The van der Waals surface area contributed by atoms with E-state index < -0.39 is 0 Å². The van der Waals surface area contributed by atoms with Crippen LogP contribution in [0.1, 0.15) is 29.6 Å². The predicted octanol–water partition coefficient (Wildman–Crippen LogP) is 1.49. The molecule has 98 valence electrons. The van der Waals surface area contributed by atoms with Crippen molar-refractivity contribution in [1.29, 1.82) is 0 Å². The number of carbonyl (C=O) groups is 1. The molecule has 0 aromatic heterocycles. The van der Waals surface area contributed by atoms with Crippen molar-refractivity contribution in [2.45, 2.75) is 25.3 Å². The quantitative estimate of drug-likeness (QED) is 0.489. The second-order valence-corrected chi connectivity index (χ2v) is 4.97. The SMILES string of the molecule is CN1CCCC(N(N)C(=O)c2ccccc2)CC1. The van der Waals surface area contributed by atoms with Gasteiger partial charge in [0.2, 0.25) is 0 Å². The van der Waals surface area contributed by atoms with Gasteiger partial charge in [0.1, 0.15) is 0 Å². The summed E-state index contributed by atoms with van der Waals surface area (Å²) < 4.78 is 0. The molecule has 1 atom stereocenters. The van der Waals surface area contributed by atoms with E-state index in [-0.39, 0.29) is 11.9 Å². The summed E-state index contributed by atoms with van der Waals surface area (Å²) in [5.74, 6) is 5.93. The fourth-order valence-corrected chi connectivity index (χ4v) is 2.40. The Hall–Kier alpha value is -1.39. The minimum Gasteiger partial charge on any atom is -0.306 e. The van der Waals surface area contributed by atoms with Gasteiger partial charge >= 0.3 is 0 Å². The Kier molecular flexibility index (Phi) is 4.33. The molecule has 18 heavy (non-hydrogen) atoms. The summed E-state index contributed by atoms with van der Waals surface area (Å²) in [5, 5.41) is 1.43.